The summed E-state index contributed by atoms with van der Waals surface area (Å²) >= 11 is 0. The van der Waals surface area contributed by atoms with Crippen LogP contribution >= 0.6 is 0 Å². The molecule has 0 fully saturated rings. The molecule has 0 saturated heterocycles. The van der Waals surface area contributed by atoms with Crippen LogP contribution in [0.2, 0.25) is 0 Å². The first-order valence-electron chi connectivity index (χ1n) is 7.80. The fourth-order valence-corrected chi connectivity index (χ4v) is 2.21. The van der Waals surface area contributed by atoms with E-state index < -0.39 is 5.97 Å². The number of pyridine rings is 1. The predicted octanol–water partition coefficient (Wildman–Crippen LogP) is 3.23. The van der Waals surface area contributed by atoms with E-state index in [0.717, 1.165) is 0 Å². The minimum atomic E-state index is -1.04. The maximum atomic E-state index is 13.8. The van der Waals surface area contributed by atoms with Gasteiger partial charge in [0.1, 0.15) is 18.2 Å². The number of hydrogen-bond acceptors (Lipinski definition) is 6. The van der Waals surface area contributed by atoms with Gasteiger partial charge in [-0.25, -0.2) is 9.37 Å². The van der Waals surface area contributed by atoms with Crippen LogP contribution in [0.25, 0.3) is 11.4 Å². The van der Waals surface area contributed by atoms with E-state index in [9.17, 15) is 9.18 Å². The molecule has 0 atom stereocenters. The van der Waals surface area contributed by atoms with Gasteiger partial charge in [0.05, 0.1) is 11.4 Å². The number of aliphatic carboxylic acids is 1. The molecule has 3 rings (SSSR count). The van der Waals surface area contributed by atoms with Crippen LogP contribution in [0.15, 0.2) is 48.7 Å². The maximum Gasteiger partial charge on any atom is 0.322 e. The van der Waals surface area contributed by atoms with E-state index in [1.807, 2.05) is 6.07 Å². The van der Waals surface area contributed by atoms with E-state index in [1.165, 1.54) is 6.07 Å². The van der Waals surface area contributed by atoms with Crippen LogP contribution in [0.3, 0.4) is 0 Å². The molecule has 0 aliphatic carbocycles. The lowest BCUT2D eigenvalue weighted by molar-refractivity contribution is -0.134. The van der Waals surface area contributed by atoms with E-state index in [2.05, 4.69) is 25.6 Å². The van der Waals surface area contributed by atoms with Crippen LogP contribution in [-0.2, 0) is 4.79 Å². The molecular weight excluding hydrogens is 337 g/mol. The molecular formula is C18H16FN5O2. The van der Waals surface area contributed by atoms with Gasteiger partial charge in [-0.15, -0.1) is 0 Å². The first kappa shape index (κ1) is 17.3. The van der Waals surface area contributed by atoms with Crippen molar-refractivity contribution in [1.82, 2.24) is 15.0 Å². The summed E-state index contributed by atoms with van der Waals surface area (Å²) in [7, 11) is 0. The van der Waals surface area contributed by atoms with E-state index in [0.29, 0.717) is 28.5 Å². The highest BCUT2D eigenvalue weighted by Gasteiger charge is 2.10. The number of carboxylic acid groups (broad SMARTS) is 1. The molecule has 0 amide bonds. The molecule has 2 heterocycles. The Hall–Kier alpha value is -3.55. The molecule has 3 aromatic rings. The quantitative estimate of drug-likeness (QED) is 0.625. The van der Waals surface area contributed by atoms with Gasteiger partial charge in [-0.05, 0) is 36.8 Å². The molecule has 3 N–H and O–H groups in total. The first-order valence-corrected chi connectivity index (χ1v) is 7.80. The molecule has 0 unspecified atom stereocenters. The van der Waals surface area contributed by atoms with Crippen LogP contribution in [0.5, 0.6) is 0 Å². The first-order chi connectivity index (χ1) is 12.5. The van der Waals surface area contributed by atoms with Crippen LogP contribution in [-0.4, -0.2) is 32.6 Å². The Labute approximate surface area is 149 Å². The van der Waals surface area contributed by atoms with Crippen molar-refractivity contribution in [2.45, 2.75) is 6.92 Å². The third-order valence-corrected chi connectivity index (χ3v) is 3.50. The Bertz CT molecular complexity index is 934. The molecule has 132 valence electrons. The van der Waals surface area contributed by atoms with Gasteiger partial charge >= 0.3 is 5.97 Å². The van der Waals surface area contributed by atoms with Crippen LogP contribution in [0, 0.1) is 12.7 Å². The van der Waals surface area contributed by atoms with E-state index in [1.54, 1.807) is 43.5 Å². The molecule has 0 radical (unpaired) electrons. The van der Waals surface area contributed by atoms with Crippen molar-refractivity contribution in [3.05, 3.63) is 60.0 Å². The summed E-state index contributed by atoms with van der Waals surface area (Å²) < 4.78 is 13.8. The van der Waals surface area contributed by atoms with Gasteiger partial charge in [0, 0.05) is 18.0 Å². The monoisotopic (exact) mass is 353 g/mol. The average Bonchev–Trinajstić information content (AvgIpc) is 2.64. The van der Waals surface area contributed by atoms with Gasteiger partial charge in [0.2, 0.25) is 5.95 Å². The molecule has 8 heteroatoms. The molecule has 26 heavy (non-hydrogen) atoms. The van der Waals surface area contributed by atoms with Crippen molar-refractivity contribution in [3.8, 4) is 11.4 Å². The van der Waals surface area contributed by atoms with Crippen molar-refractivity contribution in [1.29, 1.82) is 0 Å². The zero-order valence-corrected chi connectivity index (χ0v) is 13.9. The number of rotatable bonds is 6. The fraction of sp³-hybridized carbons (Fsp3) is 0.111. The van der Waals surface area contributed by atoms with Gasteiger partial charge in [-0.3, -0.25) is 9.78 Å². The summed E-state index contributed by atoms with van der Waals surface area (Å²) in [5, 5.41) is 14.5. The number of nitrogens with one attached hydrogen (secondary N) is 2. The normalized spacial score (nSPS) is 10.4. The molecule has 0 spiro atoms. The number of anilines is 3. The number of halogens is 1. The number of carboxylic acids is 1. The van der Waals surface area contributed by atoms with Crippen molar-refractivity contribution in [2.75, 3.05) is 17.2 Å². The smallest absolute Gasteiger partial charge is 0.322 e. The third kappa shape index (κ3) is 4.29. The largest absolute Gasteiger partial charge is 0.480 e. The van der Waals surface area contributed by atoms with E-state index in [4.69, 9.17) is 5.11 Å². The predicted molar refractivity (Wildman–Crippen MR) is 95.8 cm³/mol. The Morgan fingerprint density at radius 2 is 2.00 bits per heavy atom. The van der Waals surface area contributed by atoms with E-state index >= 15 is 0 Å². The average molecular weight is 353 g/mol. The van der Waals surface area contributed by atoms with Crippen LogP contribution in [0.4, 0.5) is 21.8 Å². The third-order valence-electron chi connectivity index (χ3n) is 3.50. The Morgan fingerprint density at radius 1 is 1.15 bits per heavy atom. The number of carbonyl (C=O) groups is 1. The second kappa shape index (κ2) is 7.56. The van der Waals surface area contributed by atoms with Gasteiger partial charge < -0.3 is 15.7 Å². The summed E-state index contributed by atoms with van der Waals surface area (Å²) in [5.41, 5.74) is 2.16. The number of benzene rings is 1. The molecule has 7 nitrogen and oxygen atoms in total. The molecule has 0 saturated carbocycles. The van der Waals surface area contributed by atoms with Crippen molar-refractivity contribution < 1.29 is 14.3 Å². The van der Waals surface area contributed by atoms with Gasteiger partial charge in [-0.1, -0.05) is 12.1 Å². The number of hydrogen-bond donors (Lipinski definition) is 3. The highest BCUT2D eigenvalue weighted by atomic mass is 19.1. The van der Waals surface area contributed by atoms with Crippen molar-refractivity contribution in [3.63, 3.8) is 0 Å². The molecule has 2 aromatic heterocycles. The van der Waals surface area contributed by atoms with Gasteiger partial charge in [-0.2, -0.15) is 4.98 Å². The summed E-state index contributed by atoms with van der Waals surface area (Å²) in [6, 6.07) is 11.8. The standard InChI is InChI=1S/C18H16FN5O2/c1-11-5-6-12(8-13(11)19)22-16-9-15(14-4-2-3-7-20-14)23-18(24-16)21-10-17(25)26/h2-9H,10H2,1H3,(H,25,26)(H2,21,22,23,24). The molecule has 0 bridgehead atoms. The maximum absolute atomic E-state index is 13.8. The molecule has 1 aromatic carbocycles. The number of aryl methyl sites for hydroxylation is 1. The highest BCUT2D eigenvalue weighted by Crippen LogP contribution is 2.23. The van der Waals surface area contributed by atoms with E-state index in [-0.39, 0.29) is 18.3 Å². The number of nitrogens with zero attached hydrogens (tertiary/aromatic N) is 3. The van der Waals surface area contributed by atoms with Crippen molar-refractivity contribution in [2.24, 2.45) is 0 Å². The van der Waals surface area contributed by atoms with Gasteiger partial charge in [0.25, 0.3) is 0 Å². The second-order valence-corrected chi connectivity index (χ2v) is 5.51. The lowest BCUT2D eigenvalue weighted by atomic mass is 10.2. The van der Waals surface area contributed by atoms with Gasteiger partial charge in [0.15, 0.2) is 0 Å². The molecule has 0 aliphatic rings. The summed E-state index contributed by atoms with van der Waals surface area (Å²) in [6.45, 7) is 1.35. The summed E-state index contributed by atoms with van der Waals surface area (Å²) in [4.78, 5) is 23.5. The zero-order valence-electron chi connectivity index (χ0n) is 13.9. The zero-order chi connectivity index (χ0) is 18.5. The highest BCUT2D eigenvalue weighted by molar-refractivity contribution is 5.72. The SMILES string of the molecule is Cc1ccc(Nc2cc(-c3ccccn3)nc(NCC(=O)O)n2)cc1F. The molecule has 0 aliphatic heterocycles. The minimum Gasteiger partial charge on any atom is -0.480 e. The Balaban J connectivity index is 1.95. The Kier molecular flexibility index (Phi) is 5.02. The summed E-state index contributed by atoms with van der Waals surface area (Å²) in [5.74, 6) is -0.854. The topological polar surface area (TPSA) is 100 Å². The van der Waals surface area contributed by atoms with Crippen molar-refractivity contribution >= 4 is 23.4 Å². The fourth-order valence-electron chi connectivity index (χ4n) is 2.21. The number of aromatic nitrogens is 3. The Morgan fingerprint density at radius 3 is 2.69 bits per heavy atom. The van der Waals surface area contributed by atoms with Crippen LogP contribution in [0.1, 0.15) is 5.56 Å². The summed E-state index contributed by atoms with van der Waals surface area (Å²) in [6.07, 6.45) is 1.63. The minimum absolute atomic E-state index is 0.130. The lowest BCUT2D eigenvalue weighted by Gasteiger charge is -2.11. The lowest BCUT2D eigenvalue weighted by Crippen LogP contribution is -2.15. The second-order valence-electron chi connectivity index (χ2n) is 5.51. The van der Waals surface area contributed by atoms with Crippen LogP contribution < -0.4 is 10.6 Å².